The first kappa shape index (κ1) is 24.6. The van der Waals surface area contributed by atoms with Crippen LogP contribution in [0.25, 0.3) is 10.9 Å². The molecule has 3 aromatic rings. The summed E-state index contributed by atoms with van der Waals surface area (Å²) in [5, 5.41) is 1.71. The van der Waals surface area contributed by atoms with E-state index in [0.29, 0.717) is 5.92 Å². The van der Waals surface area contributed by atoms with E-state index in [2.05, 4.69) is 16.4 Å². The number of hydrogen-bond donors (Lipinski definition) is 0. The van der Waals surface area contributed by atoms with Crippen molar-refractivity contribution < 1.29 is 14.3 Å². The van der Waals surface area contributed by atoms with Crippen molar-refractivity contribution in [3.63, 3.8) is 0 Å². The normalized spacial score (nSPS) is 16.0. The highest BCUT2D eigenvalue weighted by Crippen LogP contribution is 2.31. The van der Waals surface area contributed by atoms with E-state index in [1.165, 1.54) is 12.8 Å². The number of hydrogen-bond acceptors (Lipinski definition) is 4. The molecular weight excluding hydrogens is 448 g/mol. The largest absolute Gasteiger partial charge is 0.495 e. The Morgan fingerprint density at radius 3 is 2.53 bits per heavy atom. The molecule has 1 saturated heterocycles. The molecule has 1 unspecified atom stereocenters. The first-order valence-corrected chi connectivity index (χ1v) is 12.6. The van der Waals surface area contributed by atoms with E-state index >= 15 is 0 Å². The minimum absolute atomic E-state index is 0.0896. The van der Waals surface area contributed by atoms with Gasteiger partial charge in [0.05, 0.1) is 19.2 Å². The lowest BCUT2D eigenvalue weighted by Crippen LogP contribution is -2.37. The maximum absolute atomic E-state index is 12.2. The topological polar surface area (TPSA) is 43.7 Å². The summed E-state index contributed by atoms with van der Waals surface area (Å²) in [6.07, 6.45) is 5.52. The lowest BCUT2D eigenvalue weighted by atomic mass is 9.93. The van der Waals surface area contributed by atoms with Crippen LogP contribution in [0, 0.1) is 11.8 Å². The van der Waals surface area contributed by atoms with Crippen LogP contribution < -0.4 is 9.47 Å². The number of ether oxygens (including phenoxy) is 2. The summed E-state index contributed by atoms with van der Waals surface area (Å²) in [6, 6.07) is 13.5. The first-order chi connectivity index (χ1) is 16.4. The molecule has 6 heteroatoms. The number of aromatic nitrogens is 1. The van der Waals surface area contributed by atoms with Crippen LogP contribution in [0.4, 0.5) is 0 Å². The summed E-state index contributed by atoms with van der Waals surface area (Å²) in [6.45, 7) is 8.85. The average Bonchev–Trinajstić information content (AvgIpc) is 3.20. The molecule has 0 aliphatic carbocycles. The third-order valence-corrected chi connectivity index (χ3v) is 7.11. The summed E-state index contributed by atoms with van der Waals surface area (Å²) in [5.41, 5.74) is 1.78. The molecular formula is C28H35ClN2O3. The Labute approximate surface area is 207 Å². The lowest BCUT2D eigenvalue weighted by Gasteiger charge is -2.33. The van der Waals surface area contributed by atoms with Gasteiger partial charge in [-0.05, 0) is 81.4 Å². The molecule has 5 nitrogen and oxygen atoms in total. The van der Waals surface area contributed by atoms with Crippen LogP contribution in [-0.2, 0) is 6.54 Å². The zero-order chi connectivity index (χ0) is 24.1. The fourth-order valence-corrected chi connectivity index (χ4v) is 5.21. The van der Waals surface area contributed by atoms with Gasteiger partial charge < -0.3 is 18.9 Å². The number of Topliss-reactive ketones (excluding diaryl/α,β-unsaturated/α-hetero) is 1. The van der Waals surface area contributed by atoms with Crippen molar-refractivity contribution in [3.8, 4) is 11.5 Å². The number of methoxy groups -OCH3 is 1. The molecule has 1 aliphatic rings. The summed E-state index contributed by atoms with van der Waals surface area (Å²) in [5.74, 6) is 2.98. The number of rotatable bonds is 10. The Morgan fingerprint density at radius 2 is 1.85 bits per heavy atom. The monoisotopic (exact) mass is 482 g/mol. The van der Waals surface area contributed by atoms with Crippen LogP contribution in [-0.4, -0.2) is 48.6 Å². The average molecular weight is 483 g/mol. The van der Waals surface area contributed by atoms with E-state index in [-0.39, 0.29) is 5.78 Å². The van der Waals surface area contributed by atoms with Gasteiger partial charge in [-0.25, -0.2) is 0 Å². The highest BCUT2D eigenvalue weighted by Gasteiger charge is 2.22. The van der Waals surface area contributed by atoms with Crippen LogP contribution in [0.15, 0.2) is 48.7 Å². The lowest BCUT2D eigenvalue weighted by molar-refractivity contribution is 0.101. The first-order valence-electron chi connectivity index (χ1n) is 12.2. The SMILES string of the molecule is COc1cccc2c(C(C)=O)cn(CC(C)CN3CCC(CCOc4ccc(Cl)cc4)CC3)c12. The van der Waals surface area contributed by atoms with Crippen LogP contribution in [0.2, 0.25) is 5.02 Å². The number of halogens is 1. The molecule has 0 bridgehead atoms. The fourth-order valence-electron chi connectivity index (χ4n) is 5.08. The van der Waals surface area contributed by atoms with E-state index < -0.39 is 0 Å². The van der Waals surface area contributed by atoms with Crippen molar-refractivity contribution in [1.29, 1.82) is 0 Å². The smallest absolute Gasteiger partial charge is 0.161 e. The van der Waals surface area contributed by atoms with Crippen LogP contribution in [0.3, 0.4) is 0 Å². The second-order valence-corrected chi connectivity index (χ2v) is 9.98. The maximum Gasteiger partial charge on any atom is 0.161 e. The number of ketones is 1. The van der Waals surface area contributed by atoms with Gasteiger partial charge in [-0.15, -0.1) is 0 Å². The van der Waals surface area contributed by atoms with Crippen molar-refractivity contribution in [1.82, 2.24) is 9.47 Å². The number of fused-ring (bicyclic) bond motifs is 1. The molecule has 0 radical (unpaired) electrons. The van der Waals surface area contributed by atoms with Crippen molar-refractivity contribution in [2.24, 2.45) is 11.8 Å². The number of nitrogens with zero attached hydrogens (tertiary/aromatic N) is 2. The van der Waals surface area contributed by atoms with Crippen molar-refractivity contribution >= 4 is 28.3 Å². The molecule has 1 aliphatic heterocycles. The molecule has 1 atom stereocenters. The Hall–Kier alpha value is -2.50. The second kappa shape index (κ2) is 11.3. The Balaban J connectivity index is 1.27. The van der Waals surface area contributed by atoms with Gasteiger partial charge in [-0.1, -0.05) is 30.7 Å². The molecule has 1 aromatic heterocycles. The van der Waals surface area contributed by atoms with Gasteiger partial charge in [0.1, 0.15) is 11.5 Å². The molecule has 0 spiro atoms. The van der Waals surface area contributed by atoms with Crippen molar-refractivity contribution in [2.75, 3.05) is 33.4 Å². The number of piperidine rings is 1. The maximum atomic E-state index is 12.2. The van der Waals surface area contributed by atoms with E-state index in [4.69, 9.17) is 21.1 Å². The molecule has 2 heterocycles. The Morgan fingerprint density at radius 1 is 1.12 bits per heavy atom. The summed E-state index contributed by atoms with van der Waals surface area (Å²) >= 11 is 5.93. The van der Waals surface area contributed by atoms with E-state index in [1.807, 2.05) is 48.7 Å². The third-order valence-electron chi connectivity index (χ3n) is 6.85. The number of carbonyl (C=O) groups excluding carboxylic acids is 1. The fraction of sp³-hybridized carbons (Fsp3) is 0.464. The standard InChI is InChI=1S/C28H35ClN2O3/c1-20(18-31-19-26(21(2)32)25-5-4-6-27(33-3)28(25)31)17-30-14-11-22(12-15-30)13-16-34-24-9-7-23(29)8-10-24/h4-10,19-20,22H,11-18H2,1-3H3. The Bertz CT molecular complexity index is 1100. The van der Waals surface area contributed by atoms with Gasteiger partial charge in [-0.2, -0.15) is 0 Å². The highest BCUT2D eigenvalue weighted by molar-refractivity contribution is 6.30. The molecule has 0 N–H and O–H groups in total. The Kier molecular flexibility index (Phi) is 8.17. The van der Waals surface area contributed by atoms with Gasteiger partial charge in [0, 0.05) is 35.3 Å². The van der Waals surface area contributed by atoms with E-state index in [1.54, 1.807) is 14.0 Å². The second-order valence-electron chi connectivity index (χ2n) is 9.55. The number of para-hydroxylation sites is 1. The predicted octanol–water partition coefficient (Wildman–Crippen LogP) is 6.32. The molecule has 0 amide bonds. The molecule has 1 fully saturated rings. The summed E-state index contributed by atoms with van der Waals surface area (Å²) in [4.78, 5) is 14.8. The summed E-state index contributed by atoms with van der Waals surface area (Å²) in [7, 11) is 1.69. The van der Waals surface area contributed by atoms with Crippen molar-refractivity contribution in [2.45, 2.75) is 39.7 Å². The number of likely N-dealkylation sites (tertiary alicyclic amines) is 1. The van der Waals surface area contributed by atoms with Gasteiger partial charge in [-0.3, -0.25) is 4.79 Å². The van der Waals surface area contributed by atoms with Gasteiger partial charge in [0.2, 0.25) is 0 Å². The zero-order valence-corrected chi connectivity index (χ0v) is 21.2. The molecule has 0 saturated carbocycles. The van der Waals surface area contributed by atoms with Crippen LogP contribution in [0.5, 0.6) is 11.5 Å². The predicted molar refractivity (Wildman–Crippen MR) is 138 cm³/mol. The van der Waals surface area contributed by atoms with Gasteiger partial charge in [0.15, 0.2) is 5.78 Å². The van der Waals surface area contributed by atoms with Gasteiger partial charge >= 0.3 is 0 Å². The van der Waals surface area contributed by atoms with Crippen LogP contribution >= 0.6 is 11.6 Å². The molecule has 34 heavy (non-hydrogen) atoms. The van der Waals surface area contributed by atoms with Gasteiger partial charge in [0.25, 0.3) is 0 Å². The number of carbonyl (C=O) groups is 1. The van der Waals surface area contributed by atoms with E-state index in [9.17, 15) is 4.79 Å². The van der Waals surface area contributed by atoms with Crippen LogP contribution in [0.1, 0.15) is 43.5 Å². The quantitative estimate of drug-likeness (QED) is 0.317. The minimum Gasteiger partial charge on any atom is -0.495 e. The van der Waals surface area contributed by atoms with Crippen molar-refractivity contribution in [3.05, 3.63) is 59.2 Å². The highest BCUT2D eigenvalue weighted by atomic mass is 35.5. The minimum atomic E-state index is 0.0896. The third kappa shape index (κ3) is 5.94. The number of benzene rings is 2. The molecule has 2 aromatic carbocycles. The van der Waals surface area contributed by atoms with E-state index in [0.717, 1.165) is 78.1 Å². The zero-order valence-electron chi connectivity index (χ0n) is 20.4. The summed E-state index contributed by atoms with van der Waals surface area (Å²) < 4.78 is 13.7. The molecule has 182 valence electrons. The molecule has 4 rings (SSSR count).